The van der Waals surface area contributed by atoms with Gasteiger partial charge in [-0.2, -0.15) is 0 Å². The van der Waals surface area contributed by atoms with Gasteiger partial charge in [-0.1, -0.05) is 0 Å². The Kier molecular flexibility index (Phi) is 22.4. The van der Waals surface area contributed by atoms with E-state index < -0.39 is 41.8 Å². The van der Waals surface area contributed by atoms with Gasteiger partial charge in [0, 0.05) is 18.1 Å². The SMILES string of the molecule is CS(=O)(=O)NCCCN(CCCCS(=O)(=O)[O-])CCCCS(=O)(=O)[O-].[K+].[K+]. The fraction of sp³-hybridized carbons (Fsp3) is 1.00. The van der Waals surface area contributed by atoms with Crippen molar-refractivity contribution in [3.05, 3.63) is 0 Å². The van der Waals surface area contributed by atoms with E-state index >= 15 is 0 Å². The number of unbranched alkanes of at least 4 members (excludes halogenated alkanes) is 2. The van der Waals surface area contributed by atoms with Crippen LogP contribution in [0.1, 0.15) is 32.1 Å². The molecule has 1 N–H and O–H groups in total. The van der Waals surface area contributed by atoms with Crippen LogP contribution in [-0.2, 0) is 30.3 Å². The Morgan fingerprint density at radius 3 is 1.41 bits per heavy atom. The van der Waals surface area contributed by atoms with E-state index in [4.69, 9.17) is 0 Å². The van der Waals surface area contributed by atoms with Crippen LogP contribution in [0.3, 0.4) is 0 Å². The third-order valence-corrected chi connectivity index (χ3v) is 5.56. The molecule has 0 aliphatic carbocycles. The van der Waals surface area contributed by atoms with Crippen molar-refractivity contribution in [1.29, 1.82) is 0 Å². The molecule has 0 amide bonds. The Bertz CT molecular complexity index is 588. The summed E-state index contributed by atoms with van der Waals surface area (Å²) in [5, 5.41) is 0. The molecule has 15 heteroatoms. The molecule has 0 aliphatic heterocycles. The number of hydrogen-bond donors (Lipinski definition) is 1. The summed E-state index contributed by atoms with van der Waals surface area (Å²) in [4.78, 5) is 1.93. The van der Waals surface area contributed by atoms with Crippen molar-refractivity contribution in [3.63, 3.8) is 0 Å². The number of sulfonamides is 1. The van der Waals surface area contributed by atoms with Gasteiger partial charge in [0.25, 0.3) is 0 Å². The maximum Gasteiger partial charge on any atom is 1.00 e. The molecule has 0 aromatic carbocycles. The van der Waals surface area contributed by atoms with Gasteiger partial charge in [-0.25, -0.2) is 30.0 Å². The third-order valence-electron chi connectivity index (χ3n) is 3.25. The van der Waals surface area contributed by atoms with Gasteiger partial charge in [0.2, 0.25) is 10.0 Å². The number of hydrogen-bond acceptors (Lipinski definition) is 9. The van der Waals surface area contributed by atoms with E-state index in [1.807, 2.05) is 4.90 Å². The molecule has 0 bridgehead atoms. The molecule has 0 fully saturated rings. The van der Waals surface area contributed by atoms with E-state index in [2.05, 4.69) is 4.72 Å². The van der Waals surface area contributed by atoms with Crippen molar-refractivity contribution in [2.24, 2.45) is 0 Å². The molecule has 10 nitrogen and oxygen atoms in total. The quantitative estimate of drug-likeness (QED) is 0.131. The first-order valence-electron chi connectivity index (χ1n) is 7.83. The standard InChI is InChI=1S/C12H28N2O8S3.2K/c1-23(15,16)13-7-6-10-14(8-2-4-11-24(17,18)19)9-3-5-12-25(20,21)22;;/h13H,2-12H2,1H3,(H,17,18,19)(H,20,21,22);;/q;2*+1/p-2. The Hall–Kier alpha value is 2.96. The zero-order valence-corrected chi connectivity index (χ0v) is 24.9. The minimum absolute atomic E-state index is 0. The Labute approximate surface area is 248 Å². The molecule has 0 unspecified atom stereocenters. The largest absolute Gasteiger partial charge is 1.00 e. The van der Waals surface area contributed by atoms with Crippen molar-refractivity contribution in [2.45, 2.75) is 32.1 Å². The van der Waals surface area contributed by atoms with Gasteiger partial charge in [-0.05, 0) is 51.7 Å². The molecule has 0 rings (SSSR count). The molecule has 0 spiro atoms. The predicted molar refractivity (Wildman–Crippen MR) is 91.5 cm³/mol. The zero-order chi connectivity index (χ0) is 19.6. The third kappa shape index (κ3) is 29.0. The predicted octanol–water partition coefficient (Wildman–Crippen LogP) is -7.11. The van der Waals surface area contributed by atoms with Crippen LogP contribution in [0.15, 0.2) is 0 Å². The van der Waals surface area contributed by atoms with Gasteiger partial charge in [0.1, 0.15) is 0 Å². The summed E-state index contributed by atoms with van der Waals surface area (Å²) in [6.07, 6.45) is 2.96. The number of nitrogens with one attached hydrogen (secondary N) is 1. The first-order chi connectivity index (χ1) is 11.3. The maximum absolute atomic E-state index is 11.0. The molecule has 0 aromatic rings. The molecule has 152 valence electrons. The molecule has 0 atom stereocenters. The summed E-state index contributed by atoms with van der Waals surface area (Å²) in [5.74, 6) is -0.879. The number of nitrogens with zero attached hydrogens (tertiary/aromatic N) is 1. The van der Waals surface area contributed by atoms with Crippen molar-refractivity contribution < 1.29 is 137 Å². The Balaban J connectivity index is -0.00000288. The van der Waals surface area contributed by atoms with Crippen LogP contribution >= 0.6 is 0 Å². The summed E-state index contributed by atoms with van der Waals surface area (Å²) < 4.78 is 87.7. The van der Waals surface area contributed by atoms with Crippen LogP contribution in [-0.4, -0.2) is 83.2 Å². The van der Waals surface area contributed by atoms with Crippen LogP contribution in [0.25, 0.3) is 0 Å². The first-order valence-corrected chi connectivity index (χ1v) is 12.9. The van der Waals surface area contributed by atoms with E-state index in [0.29, 0.717) is 38.9 Å². The average Bonchev–Trinajstić information content (AvgIpc) is 2.40. The fourth-order valence-corrected chi connectivity index (χ4v) is 3.75. The summed E-state index contributed by atoms with van der Waals surface area (Å²) in [7, 11) is -11.8. The minimum Gasteiger partial charge on any atom is -0.748 e. The van der Waals surface area contributed by atoms with Gasteiger partial charge < -0.3 is 14.0 Å². The van der Waals surface area contributed by atoms with Gasteiger partial charge >= 0.3 is 103 Å². The molecule has 0 aliphatic rings. The molecule has 27 heavy (non-hydrogen) atoms. The average molecular weight is 501 g/mol. The van der Waals surface area contributed by atoms with Gasteiger partial charge in [-0.15, -0.1) is 0 Å². The monoisotopic (exact) mass is 500 g/mol. The Morgan fingerprint density at radius 1 is 0.704 bits per heavy atom. The topological polar surface area (TPSA) is 164 Å². The van der Waals surface area contributed by atoms with Crippen LogP contribution in [0, 0.1) is 0 Å². The first kappa shape index (κ1) is 34.6. The van der Waals surface area contributed by atoms with Crippen molar-refractivity contribution in [1.82, 2.24) is 9.62 Å². The second-order valence-corrected chi connectivity index (χ2v) is 10.7. The molecular formula is C12H26K2N2O8S3. The number of rotatable bonds is 15. The van der Waals surface area contributed by atoms with Crippen LogP contribution < -0.4 is 107 Å². The zero-order valence-electron chi connectivity index (χ0n) is 16.2. The van der Waals surface area contributed by atoms with Gasteiger partial charge in [0.05, 0.1) is 26.5 Å². The van der Waals surface area contributed by atoms with E-state index in [0.717, 1.165) is 6.26 Å². The summed E-state index contributed by atoms with van der Waals surface area (Å²) >= 11 is 0. The van der Waals surface area contributed by atoms with E-state index in [1.165, 1.54) is 0 Å². The summed E-state index contributed by atoms with van der Waals surface area (Å²) in [6.45, 7) is 1.77. The Morgan fingerprint density at radius 2 is 1.07 bits per heavy atom. The second kappa shape index (κ2) is 17.5. The molecule has 0 aromatic heterocycles. The van der Waals surface area contributed by atoms with Crippen LogP contribution in [0.5, 0.6) is 0 Å². The molecule has 0 saturated carbocycles. The van der Waals surface area contributed by atoms with Crippen molar-refractivity contribution >= 4 is 30.3 Å². The van der Waals surface area contributed by atoms with Crippen molar-refractivity contribution in [2.75, 3.05) is 43.9 Å². The smallest absolute Gasteiger partial charge is 0.748 e. The maximum atomic E-state index is 11.0. The van der Waals surface area contributed by atoms with Gasteiger partial charge in [0.15, 0.2) is 0 Å². The second-order valence-electron chi connectivity index (χ2n) is 5.80. The molecule has 0 radical (unpaired) electrons. The molecule has 0 heterocycles. The van der Waals surface area contributed by atoms with Crippen LogP contribution in [0.4, 0.5) is 0 Å². The molecular weight excluding hydrogens is 475 g/mol. The summed E-state index contributed by atoms with van der Waals surface area (Å²) in [5.41, 5.74) is 0. The fourth-order valence-electron chi connectivity index (χ4n) is 2.12. The van der Waals surface area contributed by atoms with Gasteiger partial charge in [-0.3, -0.25) is 0 Å². The molecule has 0 saturated heterocycles. The van der Waals surface area contributed by atoms with Crippen LogP contribution in [0.2, 0.25) is 0 Å². The normalized spacial score (nSPS) is 12.4. The van der Waals surface area contributed by atoms with E-state index in [9.17, 15) is 34.4 Å². The van der Waals surface area contributed by atoms with Crippen molar-refractivity contribution in [3.8, 4) is 0 Å². The van der Waals surface area contributed by atoms with E-state index in [-0.39, 0.29) is 122 Å². The summed E-state index contributed by atoms with van der Waals surface area (Å²) in [6, 6.07) is 0. The minimum atomic E-state index is -4.24. The van der Waals surface area contributed by atoms with E-state index in [1.54, 1.807) is 0 Å².